The van der Waals surface area contributed by atoms with E-state index in [1.165, 1.54) is 22.2 Å². The number of nitrogens with zero attached hydrogens (tertiary/aromatic N) is 4. The smallest absolute Gasteiger partial charge is 0.273 e. The predicted molar refractivity (Wildman–Crippen MR) is 116 cm³/mol. The van der Waals surface area contributed by atoms with Gasteiger partial charge in [0.05, 0.1) is 29.8 Å². The van der Waals surface area contributed by atoms with Crippen molar-refractivity contribution in [2.45, 2.75) is 11.7 Å². The highest BCUT2D eigenvalue weighted by Crippen LogP contribution is 2.25. The van der Waals surface area contributed by atoms with Crippen LogP contribution in [-0.2, 0) is 11.3 Å². The van der Waals surface area contributed by atoms with Crippen molar-refractivity contribution in [3.05, 3.63) is 75.8 Å². The molecule has 5 rings (SSSR count). The van der Waals surface area contributed by atoms with Gasteiger partial charge in [0.1, 0.15) is 22.1 Å². The third kappa shape index (κ3) is 3.67. The average molecular weight is 473 g/mol. The van der Waals surface area contributed by atoms with Gasteiger partial charge in [-0.15, -0.1) is 21.5 Å². The number of fused-ring (bicyclic) bond motifs is 3. The van der Waals surface area contributed by atoms with Crippen LogP contribution in [-0.4, -0.2) is 30.8 Å². The summed E-state index contributed by atoms with van der Waals surface area (Å²) in [5, 5.41) is 12.8. The van der Waals surface area contributed by atoms with Crippen LogP contribution in [0, 0.1) is 11.6 Å². The SMILES string of the molecule is O=C(CSc1nnc2n(Cc3ccco3)c(=O)c3sccc3n12)Nc1cc(F)ccc1F. The highest BCUT2D eigenvalue weighted by atomic mass is 32.2. The zero-order valence-corrected chi connectivity index (χ0v) is 17.8. The van der Waals surface area contributed by atoms with Gasteiger partial charge in [0.15, 0.2) is 5.16 Å². The lowest BCUT2D eigenvalue weighted by molar-refractivity contribution is -0.113. The molecule has 0 spiro atoms. The van der Waals surface area contributed by atoms with Gasteiger partial charge in [-0.25, -0.2) is 8.78 Å². The van der Waals surface area contributed by atoms with Gasteiger partial charge in [-0.05, 0) is 35.7 Å². The zero-order valence-electron chi connectivity index (χ0n) is 16.1. The van der Waals surface area contributed by atoms with Gasteiger partial charge in [-0.2, -0.15) is 0 Å². The van der Waals surface area contributed by atoms with E-state index in [2.05, 4.69) is 15.5 Å². The summed E-state index contributed by atoms with van der Waals surface area (Å²) in [6.07, 6.45) is 1.52. The van der Waals surface area contributed by atoms with E-state index in [-0.39, 0.29) is 23.5 Å². The molecule has 1 N–H and O–H groups in total. The Bertz CT molecular complexity index is 1510. The topological polar surface area (TPSA) is 94.4 Å². The summed E-state index contributed by atoms with van der Waals surface area (Å²) in [4.78, 5) is 25.3. The first-order valence-corrected chi connectivity index (χ1v) is 11.1. The van der Waals surface area contributed by atoms with Crippen LogP contribution < -0.4 is 10.9 Å². The van der Waals surface area contributed by atoms with Gasteiger partial charge in [0.25, 0.3) is 5.56 Å². The maximum absolute atomic E-state index is 13.8. The monoisotopic (exact) mass is 473 g/mol. The van der Waals surface area contributed by atoms with Crippen LogP contribution in [0.4, 0.5) is 14.5 Å². The van der Waals surface area contributed by atoms with Crippen molar-refractivity contribution in [3.63, 3.8) is 0 Å². The minimum Gasteiger partial charge on any atom is -0.467 e. The molecule has 5 aromatic rings. The summed E-state index contributed by atoms with van der Waals surface area (Å²) >= 11 is 2.35. The molecule has 12 heteroatoms. The Hall–Kier alpha value is -3.51. The molecule has 0 aliphatic heterocycles. The van der Waals surface area contributed by atoms with Crippen LogP contribution in [0.2, 0.25) is 0 Å². The molecular formula is C20H13F2N5O3S2. The van der Waals surface area contributed by atoms with Crippen LogP contribution >= 0.6 is 23.1 Å². The number of carbonyl (C=O) groups excluding carboxylic acids is 1. The molecular weight excluding hydrogens is 460 g/mol. The predicted octanol–water partition coefficient (Wildman–Crippen LogP) is 3.76. The first kappa shape index (κ1) is 20.4. The third-order valence-electron chi connectivity index (χ3n) is 4.61. The fourth-order valence-electron chi connectivity index (χ4n) is 3.20. The van der Waals surface area contributed by atoms with Gasteiger partial charge in [0, 0.05) is 6.07 Å². The molecule has 0 atom stereocenters. The number of furan rings is 1. The fraction of sp³-hybridized carbons (Fsp3) is 0.100. The van der Waals surface area contributed by atoms with Crippen molar-refractivity contribution in [1.82, 2.24) is 19.2 Å². The molecule has 0 aliphatic carbocycles. The van der Waals surface area contributed by atoms with Crippen molar-refractivity contribution in [1.29, 1.82) is 0 Å². The van der Waals surface area contributed by atoms with Crippen molar-refractivity contribution < 1.29 is 18.0 Å². The molecule has 4 aromatic heterocycles. The number of aromatic nitrogens is 4. The normalized spacial score (nSPS) is 11.4. The lowest BCUT2D eigenvalue weighted by Gasteiger charge is -2.08. The Balaban J connectivity index is 1.46. The Morgan fingerprint density at radius 1 is 1.22 bits per heavy atom. The molecule has 1 aromatic carbocycles. The van der Waals surface area contributed by atoms with Gasteiger partial charge >= 0.3 is 0 Å². The van der Waals surface area contributed by atoms with E-state index < -0.39 is 17.5 Å². The molecule has 162 valence electrons. The number of nitrogens with one attached hydrogen (secondary N) is 1. The number of thioether (sulfide) groups is 1. The largest absolute Gasteiger partial charge is 0.467 e. The second-order valence-corrected chi connectivity index (χ2v) is 8.54. The summed E-state index contributed by atoms with van der Waals surface area (Å²) in [5.41, 5.74) is 0.158. The zero-order chi connectivity index (χ0) is 22.2. The summed E-state index contributed by atoms with van der Waals surface area (Å²) in [5.74, 6) is -1.18. The number of anilines is 1. The standard InChI is InChI=1S/C20H13F2N5O3S2/c21-11-3-4-13(22)14(8-11)23-16(28)10-32-20-25-24-19-26(9-12-2-1-6-30-12)18(29)17-15(27(19)20)5-7-31-17/h1-8H,9-10H2,(H,23,28). The van der Waals surface area contributed by atoms with E-state index in [0.29, 0.717) is 26.9 Å². The number of rotatable bonds is 6. The number of thiophene rings is 1. The summed E-state index contributed by atoms with van der Waals surface area (Å²) in [7, 11) is 0. The Morgan fingerprint density at radius 2 is 2.09 bits per heavy atom. The summed E-state index contributed by atoms with van der Waals surface area (Å²) < 4.78 is 36.1. The van der Waals surface area contributed by atoms with Crippen LogP contribution in [0.3, 0.4) is 0 Å². The van der Waals surface area contributed by atoms with Crippen LogP contribution in [0.25, 0.3) is 16.0 Å². The Morgan fingerprint density at radius 3 is 2.91 bits per heavy atom. The van der Waals surface area contributed by atoms with Gasteiger partial charge in [-0.3, -0.25) is 18.6 Å². The average Bonchev–Trinajstić information content (AvgIpc) is 3.52. The van der Waals surface area contributed by atoms with Crippen LogP contribution in [0.15, 0.2) is 62.4 Å². The Kier molecular flexibility index (Phi) is 5.23. The molecule has 0 aliphatic rings. The molecule has 0 fully saturated rings. The van der Waals surface area contributed by atoms with Crippen molar-refractivity contribution >= 4 is 50.7 Å². The number of halogens is 2. The lowest BCUT2D eigenvalue weighted by Crippen LogP contribution is -2.23. The van der Waals surface area contributed by atoms with E-state index in [1.807, 2.05) is 0 Å². The minimum atomic E-state index is -0.736. The van der Waals surface area contributed by atoms with Crippen molar-refractivity contribution in [2.75, 3.05) is 11.1 Å². The van der Waals surface area contributed by atoms with E-state index in [0.717, 1.165) is 30.0 Å². The minimum absolute atomic E-state index is 0.125. The fourth-order valence-corrected chi connectivity index (χ4v) is 4.77. The van der Waals surface area contributed by atoms with Crippen LogP contribution in [0.1, 0.15) is 5.76 Å². The first-order chi connectivity index (χ1) is 15.5. The number of amides is 1. The van der Waals surface area contributed by atoms with Gasteiger partial charge in [0.2, 0.25) is 11.7 Å². The molecule has 1 amide bonds. The van der Waals surface area contributed by atoms with Gasteiger partial charge in [-0.1, -0.05) is 11.8 Å². The van der Waals surface area contributed by atoms with E-state index in [1.54, 1.807) is 28.0 Å². The second kappa shape index (κ2) is 8.20. The molecule has 0 saturated heterocycles. The number of hydrogen-bond acceptors (Lipinski definition) is 7. The molecule has 8 nitrogen and oxygen atoms in total. The first-order valence-electron chi connectivity index (χ1n) is 9.26. The maximum Gasteiger partial charge on any atom is 0.273 e. The molecule has 4 heterocycles. The quantitative estimate of drug-likeness (QED) is 0.378. The van der Waals surface area contributed by atoms with E-state index in [4.69, 9.17) is 4.42 Å². The number of hydrogen-bond donors (Lipinski definition) is 1. The third-order valence-corrected chi connectivity index (χ3v) is 6.43. The molecule has 0 radical (unpaired) electrons. The molecule has 32 heavy (non-hydrogen) atoms. The molecule has 0 saturated carbocycles. The number of carbonyl (C=O) groups is 1. The lowest BCUT2D eigenvalue weighted by atomic mass is 10.3. The summed E-state index contributed by atoms with van der Waals surface area (Å²) in [6.45, 7) is 0.172. The number of benzene rings is 1. The molecule has 0 bridgehead atoms. The second-order valence-electron chi connectivity index (χ2n) is 6.68. The highest BCUT2D eigenvalue weighted by Gasteiger charge is 2.19. The van der Waals surface area contributed by atoms with Crippen molar-refractivity contribution in [2.24, 2.45) is 0 Å². The van der Waals surface area contributed by atoms with E-state index >= 15 is 0 Å². The summed E-state index contributed by atoms with van der Waals surface area (Å²) in [6, 6.07) is 8.08. The van der Waals surface area contributed by atoms with Crippen LogP contribution in [0.5, 0.6) is 0 Å². The maximum atomic E-state index is 13.8. The van der Waals surface area contributed by atoms with Crippen molar-refractivity contribution in [3.8, 4) is 0 Å². The van der Waals surface area contributed by atoms with E-state index in [9.17, 15) is 18.4 Å². The van der Waals surface area contributed by atoms with Gasteiger partial charge < -0.3 is 9.73 Å². The highest BCUT2D eigenvalue weighted by molar-refractivity contribution is 7.99. The molecule has 0 unspecified atom stereocenters. The Labute approximate surface area is 186 Å².